The lowest BCUT2D eigenvalue weighted by molar-refractivity contribution is -0.141. The van der Waals surface area contributed by atoms with Gasteiger partial charge in [-0.15, -0.1) is 11.3 Å². The van der Waals surface area contributed by atoms with Gasteiger partial charge in [-0.2, -0.15) is 5.10 Å². The van der Waals surface area contributed by atoms with Gasteiger partial charge in [0.25, 0.3) is 11.8 Å². The molecule has 3 fully saturated rings. The van der Waals surface area contributed by atoms with Gasteiger partial charge in [-0.25, -0.2) is 13.1 Å². The van der Waals surface area contributed by atoms with Crippen LogP contribution in [-0.2, 0) is 24.4 Å². The number of fused-ring (bicyclic) bond motifs is 3. The first kappa shape index (κ1) is 38.4. The molecule has 5 heterocycles. The molecule has 4 aromatic rings. The third-order valence-corrected chi connectivity index (χ3v) is 13.9. The number of methoxy groups -OCH3 is 1. The number of ether oxygens (including phenoxy) is 1. The maximum atomic E-state index is 14.7. The summed E-state index contributed by atoms with van der Waals surface area (Å²) >= 11 is 1.24. The fraction of sp³-hybridized carbons (Fsp3) is 0.436. The second-order valence-electron chi connectivity index (χ2n) is 15.0. The van der Waals surface area contributed by atoms with E-state index in [1.807, 2.05) is 12.2 Å². The molecule has 2 aliphatic heterocycles. The SMILES string of the molecule is COc1c(-c2cccc3nccnc23)cnn(C2C[C@H]3C(=O)NC4(C(=O)NS(=O)(=O)C5CC5)CC4/C=C\CCCCCC(NC(=O)c4cccs4)C(=O)N3C2)c1=O. The van der Waals surface area contributed by atoms with E-state index in [2.05, 4.69) is 30.4 Å². The van der Waals surface area contributed by atoms with Gasteiger partial charge in [0.05, 0.1) is 46.1 Å². The summed E-state index contributed by atoms with van der Waals surface area (Å²) in [6, 6.07) is 5.72. The predicted octanol–water partition coefficient (Wildman–Crippen LogP) is 2.87. The molecule has 8 rings (SSSR count). The zero-order valence-corrected chi connectivity index (χ0v) is 32.8. The third kappa shape index (κ3) is 7.55. The zero-order chi connectivity index (χ0) is 39.9. The topological polar surface area (TPSA) is 212 Å². The fourth-order valence-electron chi connectivity index (χ4n) is 7.90. The maximum absolute atomic E-state index is 14.7. The molecule has 18 heteroatoms. The summed E-state index contributed by atoms with van der Waals surface area (Å²) in [7, 11) is -2.56. The highest BCUT2D eigenvalue weighted by Crippen LogP contribution is 2.46. The number of allylic oxidation sites excluding steroid dienone is 1. The van der Waals surface area contributed by atoms with Gasteiger partial charge in [-0.05, 0) is 56.0 Å². The molecule has 0 bridgehead atoms. The van der Waals surface area contributed by atoms with Crippen LogP contribution in [-0.4, -0.2) is 93.2 Å². The van der Waals surface area contributed by atoms with E-state index >= 15 is 0 Å². The number of carbonyl (C=O) groups excluding carboxylic acids is 4. The number of rotatable bonds is 8. The Bertz CT molecular complexity index is 2430. The maximum Gasteiger partial charge on any atom is 0.310 e. The summed E-state index contributed by atoms with van der Waals surface area (Å²) in [5, 5.41) is 11.4. The van der Waals surface area contributed by atoms with E-state index in [0.717, 1.165) is 12.8 Å². The Hall–Kier alpha value is -5.49. The molecule has 4 aliphatic rings. The molecule has 16 nitrogen and oxygen atoms in total. The molecule has 0 radical (unpaired) electrons. The number of hydrogen-bond donors (Lipinski definition) is 3. The number of thiophene rings is 1. The average Bonchev–Trinajstić information content (AvgIpc) is 4.06. The van der Waals surface area contributed by atoms with Crippen molar-refractivity contribution in [1.29, 1.82) is 0 Å². The van der Waals surface area contributed by atoms with Crippen LogP contribution in [0.1, 0.15) is 73.5 Å². The Morgan fingerprint density at radius 3 is 2.61 bits per heavy atom. The molecule has 0 spiro atoms. The van der Waals surface area contributed by atoms with Crippen LogP contribution >= 0.6 is 11.3 Å². The minimum absolute atomic E-state index is 0.0235. The molecule has 4 unspecified atom stereocenters. The molecule has 298 valence electrons. The van der Waals surface area contributed by atoms with Gasteiger partial charge in [0, 0.05) is 36.8 Å². The van der Waals surface area contributed by atoms with Crippen LogP contribution in [0, 0.1) is 5.92 Å². The third-order valence-electron chi connectivity index (χ3n) is 11.2. The van der Waals surface area contributed by atoms with Crippen LogP contribution in [0.25, 0.3) is 22.2 Å². The van der Waals surface area contributed by atoms with E-state index in [-0.39, 0.29) is 25.1 Å². The van der Waals surface area contributed by atoms with Crippen LogP contribution in [0.3, 0.4) is 0 Å². The lowest BCUT2D eigenvalue weighted by Crippen LogP contribution is -2.58. The van der Waals surface area contributed by atoms with Gasteiger partial charge in [-0.3, -0.25) is 38.7 Å². The number of para-hydroxylation sites is 1. The first-order valence-corrected chi connectivity index (χ1v) is 21.5. The summed E-state index contributed by atoms with van der Waals surface area (Å²) < 4.78 is 34.8. The Balaban J connectivity index is 1.15. The van der Waals surface area contributed by atoms with E-state index in [1.54, 1.807) is 48.1 Å². The summed E-state index contributed by atoms with van der Waals surface area (Å²) in [6.07, 6.45) is 12.5. The van der Waals surface area contributed by atoms with E-state index in [1.165, 1.54) is 34.2 Å². The second-order valence-corrected chi connectivity index (χ2v) is 17.9. The van der Waals surface area contributed by atoms with Crippen LogP contribution in [0.2, 0.25) is 0 Å². The van der Waals surface area contributed by atoms with Crippen molar-refractivity contribution >= 4 is 56.0 Å². The van der Waals surface area contributed by atoms with Crippen molar-refractivity contribution in [3.05, 3.63) is 81.7 Å². The van der Waals surface area contributed by atoms with E-state index in [0.29, 0.717) is 59.1 Å². The highest BCUT2D eigenvalue weighted by molar-refractivity contribution is 7.91. The number of nitrogens with zero attached hydrogens (tertiary/aromatic N) is 5. The van der Waals surface area contributed by atoms with Gasteiger partial charge >= 0.3 is 5.56 Å². The summed E-state index contributed by atoms with van der Waals surface area (Å²) in [6.45, 7) is -0.129. The van der Waals surface area contributed by atoms with Crippen molar-refractivity contribution in [3.63, 3.8) is 0 Å². The molecule has 4 amide bonds. The van der Waals surface area contributed by atoms with E-state index in [9.17, 15) is 32.4 Å². The number of hydrogen-bond acceptors (Lipinski definition) is 12. The number of nitrogens with one attached hydrogen (secondary N) is 3. The molecule has 2 saturated carbocycles. The standard InChI is InChI=1S/C39H42N8O8S2/c1-55-33-27(26-10-7-12-28-32(26)41-17-16-40-28)21-42-47(37(33)51)24-19-30-34(48)44-39(38(52)45-57(53,54)25-14-15-25)20-23(39)9-5-3-2-4-6-11-29(36(50)46(30)22-24)43-35(49)31-13-8-18-56-31/h5,7-10,12-13,16-18,21,23-25,29-30H,2-4,6,11,14-15,19-20,22H2,1H3,(H,43,49)(H,44,48)(H,45,52)/b9-5-/t23?,24?,29?,30-,39?/m0/s1. The molecule has 1 saturated heterocycles. The summed E-state index contributed by atoms with van der Waals surface area (Å²) in [5.41, 5.74) is -0.0593. The van der Waals surface area contributed by atoms with Crippen LogP contribution < -0.4 is 25.7 Å². The molecule has 3 N–H and O–H groups in total. The lowest BCUT2D eigenvalue weighted by atomic mass is 10.0. The predicted molar refractivity (Wildman–Crippen MR) is 210 cm³/mol. The highest BCUT2D eigenvalue weighted by Gasteiger charge is 2.62. The normalized spacial score (nSPS) is 25.9. The second kappa shape index (κ2) is 15.5. The Morgan fingerprint density at radius 2 is 1.84 bits per heavy atom. The summed E-state index contributed by atoms with van der Waals surface area (Å²) in [5.74, 6) is -2.96. The van der Waals surface area contributed by atoms with Crippen molar-refractivity contribution in [1.82, 2.24) is 40.0 Å². The van der Waals surface area contributed by atoms with Crippen molar-refractivity contribution in [2.45, 2.75) is 86.7 Å². The summed E-state index contributed by atoms with van der Waals surface area (Å²) in [4.78, 5) is 81.1. The largest absolute Gasteiger partial charge is 0.491 e. The molecule has 3 aromatic heterocycles. The number of carbonyl (C=O) groups is 4. The molecule has 2 aliphatic carbocycles. The molecule has 1 aromatic carbocycles. The van der Waals surface area contributed by atoms with Gasteiger partial charge in [0.15, 0.2) is 5.75 Å². The van der Waals surface area contributed by atoms with Crippen LogP contribution in [0.15, 0.2) is 71.2 Å². The Labute approximate surface area is 332 Å². The first-order chi connectivity index (χ1) is 27.5. The van der Waals surface area contributed by atoms with E-state index in [4.69, 9.17) is 4.74 Å². The number of sulfonamides is 1. The van der Waals surface area contributed by atoms with Gasteiger partial charge in [0.2, 0.25) is 21.8 Å². The van der Waals surface area contributed by atoms with E-state index < -0.39 is 74.0 Å². The number of amides is 4. The Kier molecular flexibility index (Phi) is 10.4. The van der Waals surface area contributed by atoms with Crippen LogP contribution in [0.4, 0.5) is 0 Å². The molecular formula is C39H42N8O8S2. The van der Waals surface area contributed by atoms with Crippen molar-refractivity contribution in [2.75, 3.05) is 13.7 Å². The fourth-order valence-corrected chi connectivity index (χ4v) is 9.89. The van der Waals surface area contributed by atoms with Gasteiger partial charge in [-0.1, -0.05) is 43.2 Å². The monoisotopic (exact) mass is 814 g/mol. The molecule has 57 heavy (non-hydrogen) atoms. The van der Waals surface area contributed by atoms with Crippen molar-refractivity contribution in [2.24, 2.45) is 5.92 Å². The molecule has 5 atom stereocenters. The lowest BCUT2D eigenvalue weighted by Gasteiger charge is -2.30. The molecular weight excluding hydrogens is 773 g/mol. The van der Waals surface area contributed by atoms with Gasteiger partial charge < -0.3 is 20.3 Å². The van der Waals surface area contributed by atoms with Crippen molar-refractivity contribution in [3.8, 4) is 16.9 Å². The number of aromatic nitrogens is 4. The smallest absolute Gasteiger partial charge is 0.310 e. The van der Waals surface area contributed by atoms with Crippen LogP contribution in [0.5, 0.6) is 5.75 Å². The zero-order valence-electron chi connectivity index (χ0n) is 31.1. The average molecular weight is 815 g/mol. The first-order valence-electron chi connectivity index (χ1n) is 19.1. The quantitative estimate of drug-likeness (QED) is 0.220. The highest BCUT2D eigenvalue weighted by atomic mass is 32.2. The minimum Gasteiger partial charge on any atom is -0.491 e. The van der Waals surface area contributed by atoms with Crippen molar-refractivity contribution < 1.29 is 32.3 Å². The Morgan fingerprint density at radius 1 is 1.02 bits per heavy atom. The van der Waals surface area contributed by atoms with Gasteiger partial charge in [0.1, 0.15) is 17.6 Å². The number of benzene rings is 1. The minimum atomic E-state index is -3.93.